The Labute approximate surface area is 123 Å². The van der Waals surface area contributed by atoms with Crippen LogP contribution in [0, 0.1) is 5.82 Å². The van der Waals surface area contributed by atoms with Gasteiger partial charge in [0.05, 0.1) is 5.56 Å². The van der Waals surface area contributed by atoms with E-state index in [1.165, 1.54) is 17.0 Å². The molecule has 1 heterocycles. The number of piperidine rings is 1. The Hall–Kier alpha value is -1.47. The number of likely N-dealkylation sites (tertiary alicyclic amines) is 1. The molecular weight excluding hydrogens is 333 g/mol. The molecule has 1 amide bonds. The van der Waals surface area contributed by atoms with E-state index in [9.17, 15) is 19.1 Å². The van der Waals surface area contributed by atoms with Crippen molar-refractivity contribution in [3.8, 4) is 0 Å². The minimum atomic E-state index is -1.78. The van der Waals surface area contributed by atoms with Gasteiger partial charge in [-0.1, -0.05) is 0 Å². The van der Waals surface area contributed by atoms with Crippen LogP contribution in [0.1, 0.15) is 23.2 Å². The van der Waals surface area contributed by atoms with Gasteiger partial charge in [0.15, 0.2) is 5.60 Å². The normalized spacial score (nSPS) is 17.9. The summed E-state index contributed by atoms with van der Waals surface area (Å²) in [7, 11) is 0. The molecule has 5 nitrogen and oxygen atoms in total. The molecule has 0 radical (unpaired) electrons. The number of halogens is 2. The molecule has 0 spiro atoms. The number of carboxylic acid groups (broad SMARTS) is 1. The van der Waals surface area contributed by atoms with Crippen LogP contribution in [0.2, 0.25) is 0 Å². The van der Waals surface area contributed by atoms with Crippen LogP contribution in [0.5, 0.6) is 0 Å². The Balaban J connectivity index is 2.13. The highest BCUT2D eigenvalue weighted by molar-refractivity contribution is 9.10. The molecule has 1 fully saturated rings. The third-order valence-corrected chi connectivity index (χ3v) is 4.13. The molecule has 0 aliphatic carbocycles. The van der Waals surface area contributed by atoms with Gasteiger partial charge in [-0.2, -0.15) is 0 Å². The van der Waals surface area contributed by atoms with Crippen molar-refractivity contribution in [1.82, 2.24) is 4.90 Å². The minimum absolute atomic E-state index is 0.0407. The average Bonchev–Trinajstić information content (AvgIpc) is 2.41. The average molecular weight is 346 g/mol. The molecule has 0 unspecified atom stereocenters. The van der Waals surface area contributed by atoms with E-state index >= 15 is 0 Å². The van der Waals surface area contributed by atoms with Crippen LogP contribution in [0.15, 0.2) is 22.7 Å². The zero-order valence-corrected chi connectivity index (χ0v) is 12.1. The summed E-state index contributed by atoms with van der Waals surface area (Å²) in [5.41, 5.74) is -1.60. The number of hydrogen-bond acceptors (Lipinski definition) is 3. The number of rotatable bonds is 2. The van der Waals surface area contributed by atoms with Crippen molar-refractivity contribution in [2.24, 2.45) is 0 Å². The molecular formula is C13H13BrFNO4. The molecule has 2 rings (SSSR count). The van der Waals surface area contributed by atoms with E-state index in [-0.39, 0.29) is 37.4 Å². The van der Waals surface area contributed by atoms with Gasteiger partial charge in [0.25, 0.3) is 5.91 Å². The maximum atomic E-state index is 13.2. The molecule has 1 aromatic rings. The summed E-state index contributed by atoms with van der Waals surface area (Å²) < 4.78 is 13.7. The van der Waals surface area contributed by atoms with Gasteiger partial charge in [-0.25, -0.2) is 9.18 Å². The number of hydrogen-bond donors (Lipinski definition) is 2. The fourth-order valence-electron chi connectivity index (χ4n) is 2.13. The van der Waals surface area contributed by atoms with Crippen molar-refractivity contribution in [3.05, 3.63) is 34.1 Å². The Bertz CT molecular complexity index is 555. The molecule has 20 heavy (non-hydrogen) atoms. The topological polar surface area (TPSA) is 77.8 Å². The van der Waals surface area contributed by atoms with E-state index in [0.29, 0.717) is 4.47 Å². The van der Waals surface area contributed by atoms with Gasteiger partial charge in [0, 0.05) is 30.4 Å². The van der Waals surface area contributed by atoms with Crippen LogP contribution in [-0.2, 0) is 4.79 Å². The molecule has 2 N–H and O–H groups in total. The van der Waals surface area contributed by atoms with E-state index in [4.69, 9.17) is 5.11 Å². The Kier molecular flexibility index (Phi) is 4.10. The summed E-state index contributed by atoms with van der Waals surface area (Å²) in [5, 5.41) is 18.7. The van der Waals surface area contributed by atoms with Crippen LogP contribution in [0.25, 0.3) is 0 Å². The van der Waals surface area contributed by atoms with E-state index in [2.05, 4.69) is 15.9 Å². The first kappa shape index (κ1) is 14.9. The number of nitrogens with zero attached hydrogens (tertiary/aromatic N) is 1. The SMILES string of the molecule is O=C(c1cc(F)ccc1Br)N1CCC(O)(C(=O)O)CC1. The molecule has 1 saturated heterocycles. The van der Waals surface area contributed by atoms with Gasteiger partial charge in [0.2, 0.25) is 0 Å². The molecule has 0 aromatic heterocycles. The number of aliphatic hydroxyl groups is 1. The number of carbonyl (C=O) groups excluding carboxylic acids is 1. The van der Waals surface area contributed by atoms with Gasteiger partial charge < -0.3 is 15.1 Å². The minimum Gasteiger partial charge on any atom is -0.479 e. The second-order valence-corrected chi connectivity index (χ2v) is 5.61. The number of carbonyl (C=O) groups is 2. The lowest BCUT2D eigenvalue weighted by molar-refractivity contribution is -0.162. The highest BCUT2D eigenvalue weighted by Gasteiger charge is 2.40. The fourth-order valence-corrected chi connectivity index (χ4v) is 2.54. The quantitative estimate of drug-likeness (QED) is 0.854. The van der Waals surface area contributed by atoms with Gasteiger partial charge in [-0.05, 0) is 34.1 Å². The maximum absolute atomic E-state index is 13.2. The summed E-state index contributed by atoms with van der Waals surface area (Å²) >= 11 is 3.19. The summed E-state index contributed by atoms with van der Waals surface area (Å²) in [6, 6.07) is 3.81. The van der Waals surface area contributed by atoms with Crippen molar-refractivity contribution in [1.29, 1.82) is 0 Å². The zero-order chi connectivity index (χ0) is 14.9. The second-order valence-electron chi connectivity index (χ2n) is 4.75. The first-order valence-corrected chi connectivity index (χ1v) is 6.83. The van der Waals surface area contributed by atoms with Crippen LogP contribution >= 0.6 is 15.9 Å². The third-order valence-electron chi connectivity index (χ3n) is 3.43. The lowest BCUT2D eigenvalue weighted by Gasteiger charge is -2.35. The van der Waals surface area contributed by atoms with Crippen LogP contribution in [0.4, 0.5) is 4.39 Å². The van der Waals surface area contributed by atoms with Gasteiger partial charge >= 0.3 is 5.97 Å². The maximum Gasteiger partial charge on any atom is 0.335 e. The molecule has 0 bridgehead atoms. The Morgan fingerprint density at radius 2 is 1.90 bits per heavy atom. The summed E-state index contributed by atoms with van der Waals surface area (Å²) in [4.78, 5) is 24.6. The first-order valence-electron chi connectivity index (χ1n) is 6.03. The molecule has 1 aliphatic heterocycles. The summed E-state index contributed by atoms with van der Waals surface area (Å²) in [6.07, 6.45) is -0.0813. The predicted molar refractivity (Wildman–Crippen MR) is 71.8 cm³/mol. The van der Waals surface area contributed by atoms with Gasteiger partial charge in [0.1, 0.15) is 5.82 Å². The van der Waals surface area contributed by atoms with E-state index < -0.39 is 17.4 Å². The van der Waals surface area contributed by atoms with Gasteiger partial charge in [-0.3, -0.25) is 4.79 Å². The van der Waals surface area contributed by atoms with Crippen LogP contribution < -0.4 is 0 Å². The fraction of sp³-hybridized carbons (Fsp3) is 0.385. The van der Waals surface area contributed by atoms with E-state index in [0.717, 1.165) is 6.07 Å². The standard InChI is InChI=1S/C13H13BrFNO4/c14-10-2-1-8(15)7-9(10)11(17)16-5-3-13(20,4-6-16)12(18)19/h1-2,7,20H,3-6H2,(H,18,19). The van der Waals surface area contributed by atoms with Crippen molar-refractivity contribution < 1.29 is 24.2 Å². The number of benzene rings is 1. The predicted octanol–water partition coefficient (Wildman–Crippen LogP) is 1.64. The van der Waals surface area contributed by atoms with Crippen molar-refractivity contribution >= 4 is 27.8 Å². The van der Waals surface area contributed by atoms with Gasteiger partial charge in [-0.15, -0.1) is 0 Å². The molecule has 1 aromatic carbocycles. The van der Waals surface area contributed by atoms with Crippen LogP contribution in [0.3, 0.4) is 0 Å². The molecule has 108 valence electrons. The molecule has 0 atom stereocenters. The van der Waals surface area contributed by atoms with Crippen molar-refractivity contribution in [3.63, 3.8) is 0 Å². The molecule has 7 heteroatoms. The first-order chi connectivity index (χ1) is 9.33. The molecule has 0 saturated carbocycles. The second kappa shape index (κ2) is 5.49. The lowest BCUT2D eigenvalue weighted by atomic mass is 9.91. The van der Waals surface area contributed by atoms with Crippen LogP contribution in [-0.4, -0.2) is 45.7 Å². The number of carboxylic acids is 1. The van der Waals surface area contributed by atoms with Crippen molar-refractivity contribution in [2.75, 3.05) is 13.1 Å². The summed E-state index contributed by atoms with van der Waals surface area (Å²) in [6.45, 7) is 0.231. The monoisotopic (exact) mass is 345 g/mol. The van der Waals surface area contributed by atoms with Crippen molar-refractivity contribution in [2.45, 2.75) is 18.4 Å². The smallest absolute Gasteiger partial charge is 0.335 e. The highest BCUT2D eigenvalue weighted by Crippen LogP contribution is 2.26. The van der Waals surface area contributed by atoms with E-state index in [1.807, 2.05) is 0 Å². The lowest BCUT2D eigenvalue weighted by Crippen LogP contribution is -2.50. The zero-order valence-electron chi connectivity index (χ0n) is 10.5. The van der Waals surface area contributed by atoms with E-state index in [1.54, 1.807) is 0 Å². The molecule has 1 aliphatic rings. The highest BCUT2D eigenvalue weighted by atomic mass is 79.9. The Morgan fingerprint density at radius 1 is 1.30 bits per heavy atom. The number of amides is 1. The Morgan fingerprint density at radius 3 is 2.45 bits per heavy atom. The number of aliphatic carboxylic acids is 1. The third kappa shape index (κ3) is 2.83. The summed E-state index contributed by atoms with van der Waals surface area (Å²) in [5.74, 6) is -2.18. The largest absolute Gasteiger partial charge is 0.479 e.